The molecule has 0 aromatic carbocycles. The van der Waals surface area contributed by atoms with E-state index in [-0.39, 0.29) is 0 Å². The van der Waals surface area contributed by atoms with Crippen LogP contribution in [0.5, 0.6) is 0 Å². The van der Waals surface area contributed by atoms with Crippen LogP contribution >= 0.6 is 9.24 Å². The highest BCUT2D eigenvalue weighted by atomic mass is 31.0. The molecule has 1 aliphatic carbocycles. The minimum absolute atomic E-state index is 0.712. The molecule has 1 rings (SSSR count). The summed E-state index contributed by atoms with van der Waals surface area (Å²) in [5.41, 5.74) is 1.56. The van der Waals surface area contributed by atoms with Crippen molar-refractivity contribution in [3.63, 3.8) is 0 Å². The average Bonchev–Trinajstić information content (AvgIpc) is 1.96. The summed E-state index contributed by atoms with van der Waals surface area (Å²) in [5, 5.41) is 1.38. The molecular formula is C10H18NP. The molecule has 1 aliphatic rings. The van der Waals surface area contributed by atoms with E-state index in [2.05, 4.69) is 47.3 Å². The smallest absolute Gasteiger partial charge is 0.0196 e. The molecule has 0 aromatic heterocycles. The summed E-state index contributed by atoms with van der Waals surface area (Å²) in [4.78, 5) is 2.23. The fourth-order valence-corrected chi connectivity index (χ4v) is 1.82. The van der Waals surface area contributed by atoms with Gasteiger partial charge >= 0.3 is 0 Å². The molecule has 0 saturated heterocycles. The van der Waals surface area contributed by atoms with Crippen LogP contribution in [0, 0.1) is 5.92 Å². The van der Waals surface area contributed by atoms with E-state index in [0.29, 0.717) is 5.92 Å². The van der Waals surface area contributed by atoms with E-state index >= 15 is 0 Å². The summed E-state index contributed by atoms with van der Waals surface area (Å²) in [5.74, 6) is 0.712. The Balaban J connectivity index is 2.66. The first-order valence-corrected chi connectivity index (χ1v) is 4.97. The number of hydrogen-bond acceptors (Lipinski definition) is 1. The Labute approximate surface area is 77.7 Å². The number of nitrogens with zero attached hydrogens (tertiary/aromatic N) is 1. The first-order valence-electron chi connectivity index (χ1n) is 4.40. The summed E-state index contributed by atoms with van der Waals surface area (Å²) in [6.45, 7) is 3.36. The minimum atomic E-state index is 0.712. The van der Waals surface area contributed by atoms with Gasteiger partial charge in [-0.05, 0) is 37.3 Å². The van der Waals surface area contributed by atoms with Crippen molar-refractivity contribution in [2.45, 2.75) is 13.3 Å². The Bertz CT molecular complexity index is 216. The van der Waals surface area contributed by atoms with E-state index in [1.54, 1.807) is 5.57 Å². The third kappa shape index (κ3) is 2.73. The van der Waals surface area contributed by atoms with E-state index in [9.17, 15) is 0 Å². The number of hydrogen-bond donors (Lipinski definition) is 0. The van der Waals surface area contributed by atoms with Gasteiger partial charge in [-0.3, -0.25) is 0 Å². The molecule has 0 saturated carbocycles. The van der Waals surface area contributed by atoms with Gasteiger partial charge in [0.2, 0.25) is 0 Å². The quantitative estimate of drug-likeness (QED) is 0.594. The number of likely N-dealkylation sites (N-methyl/N-ethyl adjacent to an activating group) is 1. The molecule has 0 N–H and O–H groups in total. The lowest BCUT2D eigenvalue weighted by Gasteiger charge is -2.20. The lowest BCUT2D eigenvalue weighted by molar-refractivity contribution is 0.432. The van der Waals surface area contributed by atoms with Crippen LogP contribution in [0.2, 0.25) is 0 Å². The van der Waals surface area contributed by atoms with E-state index < -0.39 is 0 Å². The van der Waals surface area contributed by atoms with Crippen molar-refractivity contribution in [1.29, 1.82) is 0 Å². The second kappa shape index (κ2) is 4.20. The third-order valence-corrected chi connectivity index (χ3v) is 2.69. The number of allylic oxidation sites excluding steroid dienone is 3. The van der Waals surface area contributed by atoms with Crippen LogP contribution in [0.4, 0.5) is 0 Å². The summed E-state index contributed by atoms with van der Waals surface area (Å²) < 4.78 is 0. The third-order valence-electron chi connectivity index (χ3n) is 2.09. The molecular weight excluding hydrogens is 165 g/mol. The average molecular weight is 183 g/mol. The van der Waals surface area contributed by atoms with Gasteiger partial charge in [0.05, 0.1) is 0 Å². The predicted molar refractivity (Wildman–Crippen MR) is 58.2 cm³/mol. The molecule has 0 radical (unpaired) electrons. The standard InChI is InChI=1S/C10H18NP/c1-8-4-5-10(12)9(6-8)7-11(2)3/h4-5,8H,6-7,12H2,1-3H3. The van der Waals surface area contributed by atoms with Crippen LogP contribution in [0.15, 0.2) is 23.0 Å². The zero-order valence-corrected chi connectivity index (χ0v) is 9.33. The van der Waals surface area contributed by atoms with Crippen molar-refractivity contribution in [2.24, 2.45) is 5.92 Å². The Morgan fingerprint density at radius 1 is 1.58 bits per heavy atom. The molecule has 12 heavy (non-hydrogen) atoms. The van der Waals surface area contributed by atoms with Crippen LogP contribution in [0.1, 0.15) is 13.3 Å². The van der Waals surface area contributed by atoms with Gasteiger partial charge in [0.25, 0.3) is 0 Å². The topological polar surface area (TPSA) is 3.24 Å². The molecule has 0 bridgehead atoms. The van der Waals surface area contributed by atoms with Crippen LogP contribution in [-0.4, -0.2) is 25.5 Å². The SMILES string of the molecule is CC1C=CC(P)=C(CN(C)C)C1. The zero-order valence-electron chi connectivity index (χ0n) is 8.17. The highest BCUT2D eigenvalue weighted by Crippen LogP contribution is 2.27. The lowest BCUT2D eigenvalue weighted by Crippen LogP contribution is -2.17. The van der Waals surface area contributed by atoms with Crippen molar-refractivity contribution in [2.75, 3.05) is 20.6 Å². The second-order valence-electron chi connectivity index (χ2n) is 3.84. The molecule has 1 nitrogen and oxygen atoms in total. The first kappa shape index (κ1) is 9.95. The van der Waals surface area contributed by atoms with Gasteiger partial charge in [-0.25, -0.2) is 0 Å². The van der Waals surface area contributed by atoms with E-state index in [0.717, 1.165) is 6.54 Å². The second-order valence-corrected chi connectivity index (χ2v) is 4.46. The Morgan fingerprint density at radius 3 is 2.83 bits per heavy atom. The van der Waals surface area contributed by atoms with Gasteiger partial charge in [-0.2, -0.15) is 0 Å². The minimum Gasteiger partial charge on any atom is -0.305 e. The van der Waals surface area contributed by atoms with Crippen molar-refractivity contribution < 1.29 is 0 Å². The van der Waals surface area contributed by atoms with E-state index in [1.807, 2.05) is 0 Å². The highest BCUT2D eigenvalue weighted by molar-refractivity contribution is 7.23. The normalized spacial score (nSPS) is 23.9. The van der Waals surface area contributed by atoms with E-state index in [4.69, 9.17) is 0 Å². The van der Waals surface area contributed by atoms with Gasteiger partial charge in [0.1, 0.15) is 0 Å². The molecule has 0 spiro atoms. The van der Waals surface area contributed by atoms with Crippen molar-refractivity contribution in [3.05, 3.63) is 23.0 Å². The molecule has 0 heterocycles. The lowest BCUT2D eigenvalue weighted by atomic mass is 9.95. The molecule has 0 amide bonds. The maximum atomic E-state index is 2.82. The van der Waals surface area contributed by atoms with Gasteiger partial charge in [-0.15, -0.1) is 9.24 Å². The fraction of sp³-hybridized carbons (Fsp3) is 0.600. The first-order chi connectivity index (χ1) is 5.59. The summed E-state index contributed by atoms with van der Waals surface area (Å²) >= 11 is 0. The molecule has 2 heteroatoms. The Hall–Kier alpha value is -0.130. The predicted octanol–water partition coefficient (Wildman–Crippen LogP) is 2.27. The van der Waals surface area contributed by atoms with Crippen LogP contribution in [0.3, 0.4) is 0 Å². The largest absolute Gasteiger partial charge is 0.305 e. The zero-order chi connectivity index (χ0) is 9.14. The maximum Gasteiger partial charge on any atom is 0.0196 e. The Morgan fingerprint density at radius 2 is 2.25 bits per heavy atom. The molecule has 0 aliphatic heterocycles. The summed E-state index contributed by atoms with van der Waals surface area (Å²) in [6.07, 6.45) is 5.71. The van der Waals surface area contributed by atoms with Gasteiger partial charge in [-0.1, -0.05) is 19.1 Å². The monoisotopic (exact) mass is 183 g/mol. The summed E-state index contributed by atoms with van der Waals surface area (Å²) in [7, 11) is 7.06. The van der Waals surface area contributed by atoms with Crippen molar-refractivity contribution >= 4 is 9.24 Å². The molecule has 2 unspecified atom stereocenters. The van der Waals surface area contributed by atoms with Gasteiger partial charge < -0.3 is 4.90 Å². The van der Waals surface area contributed by atoms with Crippen molar-refractivity contribution in [3.8, 4) is 0 Å². The Kier molecular flexibility index (Phi) is 3.49. The molecule has 2 atom stereocenters. The molecule has 0 fully saturated rings. The highest BCUT2D eigenvalue weighted by Gasteiger charge is 2.10. The molecule has 68 valence electrons. The molecule has 0 aromatic rings. The fourth-order valence-electron chi connectivity index (χ4n) is 1.50. The van der Waals surface area contributed by atoms with E-state index in [1.165, 1.54) is 11.7 Å². The van der Waals surface area contributed by atoms with Crippen LogP contribution in [0.25, 0.3) is 0 Å². The maximum absolute atomic E-state index is 2.82. The summed E-state index contributed by atoms with van der Waals surface area (Å²) in [6, 6.07) is 0. The van der Waals surface area contributed by atoms with Gasteiger partial charge in [0.15, 0.2) is 0 Å². The van der Waals surface area contributed by atoms with Crippen LogP contribution in [-0.2, 0) is 0 Å². The van der Waals surface area contributed by atoms with Crippen LogP contribution < -0.4 is 0 Å². The van der Waals surface area contributed by atoms with Crippen molar-refractivity contribution in [1.82, 2.24) is 4.90 Å². The van der Waals surface area contributed by atoms with Gasteiger partial charge in [0, 0.05) is 6.54 Å². The number of rotatable bonds is 2.